The number of anilines is 1. The fraction of sp³-hybridized carbons (Fsp3) is 0.583. The molecular formula is C12H19N5S. The Morgan fingerprint density at radius 3 is 2.72 bits per heavy atom. The number of aromatic nitrogens is 4. The molecule has 0 aliphatic heterocycles. The van der Waals surface area contributed by atoms with Gasteiger partial charge in [0.1, 0.15) is 5.01 Å². The molecule has 0 saturated carbocycles. The average Bonchev–Trinajstić information content (AvgIpc) is 2.87. The number of hydrogen-bond acceptors (Lipinski definition) is 5. The molecule has 2 aromatic rings. The van der Waals surface area contributed by atoms with Gasteiger partial charge in [-0.3, -0.25) is 4.68 Å². The summed E-state index contributed by atoms with van der Waals surface area (Å²) in [6, 6.07) is 2.19. The van der Waals surface area contributed by atoms with Crippen molar-refractivity contribution in [3.63, 3.8) is 0 Å². The highest BCUT2D eigenvalue weighted by Crippen LogP contribution is 2.23. The van der Waals surface area contributed by atoms with Crippen molar-refractivity contribution in [2.75, 3.05) is 5.32 Å². The molecule has 18 heavy (non-hydrogen) atoms. The first-order chi connectivity index (χ1) is 8.56. The van der Waals surface area contributed by atoms with Gasteiger partial charge in [-0.25, -0.2) is 0 Å². The van der Waals surface area contributed by atoms with Crippen LogP contribution in [0.5, 0.6) is 0 Å². The van der Waals surface area contributed by atoms with Gasteiger partial charge in [-0.1, -0.05) is 25.2 Å². The zero-order valence-corrected chi connectivity index (χ0v) is 12.0. The smallest absolute Gasteiger partial charge is 0.206 e. The van der Waals surface area contributed by atoms with E-state index in [1.807, 2.05) is 17.8 Å². The lowest BCUT2D eigenvalue weighted by Gasteiger charge is -2.12. The van der Waals surface area contributed by atoms with Crippen molar-refractivity contribution in [3.8, 4) is 0 Å². The van der Waals surface area contributed by atoms with Gasteiger partial charge in [0, 0.05) is 19.7 Å². The average molecular weight is 265 g/mol. The van der Waals surface area contributed by atoms with Gasteiger partial charge in [0.15, 0.2) is 0 Å². The summed E-state index contributed by atoms with van der Waals surface area (Å²) in [6.07, 6.45) is 2.79. The van der Waals surface area contributed by atoms with Crippen LogP contribution in [0.3, 0.4) is 0 Å². The molecule has 98 valence electrons. The second-order valence-electron chi connectivity index (χ2n) is 4.84. The fourth-order valence-corrected chi connectivity index (χ4v) is 2.85. The number of nitrogens with one attached hydrogen (secondary N) is 1. The van der Waals surface area contributed by atoms with E-state index in [9.17, 15) is 0 Å². The highest BCUT2D eigenvalue weighted by atomic mass is 32.1. The predicted octanol–water partition coefficient (Wildman–Crippen LogP) is 2.64. The molecule has 6 heteroatoms. The zero-order valence-electron chi connectivity index (χ0n) is 11.2. The topological polar surface area (TPSA) is 55.6 Å². The van der Waals surface area contributed by atoms with E-state index in [1.165, 1.54) is 0 Å². The molecule has 0 bridgehead atoms. The molecule has 5 nitrogen and oxygen atoms in total. The summed E-state index contributed by atoms with van der Waals surface area (Å²) in [5.41, 5.74) is 1.13. The van der Waals surface area contributed by atoms with E-state index in [2.05, 4.69) is 41.4 Å². The van der Waals surface area contributed by atoms with E-state index in [0.717, 1.165) is 22.3 Å². The van der Waals surface area contributed by atoms with E-state index in [0.29, 0.717) is 5.92 Å². The summed E-state index contributed by atoms with van der Waals surface area (Å²) in [7, 11) is 1.94. The molecule has 0 aliphatic rings. The molecule has 0 fully saturated rings. The summed E-state index contributed by atoms with van der Waals surface area (Å²) >= 11 is 1.63. The van der Waals surface area contributed by atoms with Crippen LogP contribution in [0.2, 0.25) is 0 Å². The largest absolute Gasteiger partial charge is 0.352 e. The van der Waals surface area contributed by atoms with Gasteiger partial charge in [0.25, 0.3) is 0 Å². The van der Waals surface area contributed by atoms with Gasteiger partial charge in [-0.05, 0) is 18.9 Å². The maximum atomic E-state index is 4.20. The minimum Gasteiger partial charge on any atom is -0.352 e. The lowest BCUT2D eigenvalue weighted by molar-refractivity contribution is 0.639. The second kappa shape index (κ2) is 5.48. The monoisotopic (exact) mass is 265 g/mol. The van der Waals surface area contributed by atoms with Crippen molar-refractivity contribution in [1.29, 1.82) is 0 Å². The van der Waals surface area contributed by atoms with Crippen LogP contribution in [0.4, 0.5) is 5.13 Å². The van der Waals surface area contributed by atoms with Crippen molar-refractivity contribution >= 4 is 16.5 Å². The molecule has 2 heterocycles. The normalized spacial score (nSPS) is 12.9. The van der Waals surface area contributed by atoms with E-state index < -0.39 is 0 Å². The van der Waals surface area contributed by atoms with Gasteiger partial charge in [-0.15, -0.1) is 10.2 Å². The molecule has 2 aromatic heterocycles. The molecule has 1 atom stereocenters. The van der Waals surface area contributed by atoms with Gasteiger partial charge in [-0.2, -0.15) is 5.10 Å². The zero-order chi connectivity index (χ0) is 13.1. The first-order valence-electron chi connectivity index (χ1n) is 6.13. The summed E-state index contributed by atoms with van der Waals surface area (Å²) in [6.45, 7) is 6.47. The Bertz CT molecular complexity index is 502. The van der Waals surface area contributed by atoms with Crippen LogP contribution in [-0.4, -0.2) is 20.0 Å². The van der Waals surface area contributed by atoms with Crippen LogP contribution in [0.15, 0.2) is 12.3 Å². The number of aryl methyl sites for hydroxylation is 1. The van der Waals surface area contributed by atoms with Crippen molar-refractivity contribution < 1.29 is 0 Å². The minimum absolute atomic E-state index is 0.178. The first-order valence-corrected chi connectivity index (χ1v) is 6.94. The standard InChI is InChI=1S/C12H19N5S/c1-8(2)7-11-15-16-12(18-11)14-9(3)10-5-6-13-17(10)4/h5-6,8-9H,7H2,1-4H3,(H,14,16). The number of nitrogens with zero attached hydrogens (tertiary/aromatic N) is 4. The van der Waals surface area contributed by atoms with E-state index >= 15 is 0 Å². The predicted molar refractivity (Wildman–Crippen MR) is 73.7 cm³/mol. The van der Waals surface area contributed by atoms with Crippen LogP contribution in [0.25, 0.3) is 0 Å². The lowest BCUT2D eigenvalue weighted by atomic mass is 10.1. The summed E-state index contributed by atoms with van der Waals surface area (Å²) in [5, 5.41) is 17.9. The maximum Gasteiger partial charge on any atom is 0.206 e. The van der Waals surface area contributed by atoms with Crippen LogP contribution < -0.4 is 5.32 Å². The summed E-state index contributed by atoms with van der Waals surface area (Å²) in [4.78, 5) is 0. The summed E-state index contributed by atoms with van der Waals surface area (Å²) < 4.78 is 1.87. The molecule has 0 amide bonds. The third kappa shape index (κ3) is 3.07. The van der Waals surface area contributed by atoms with E-state index in [4.69, 9.17) is 0 Å². The Morgan fingerprint density at radius 1 is 1.33 bits per heavy atom. The summed E-state index contributed by atoms with van der Waals surface area (Å²) in [5.74, 6) is 0.611. The third-order valence-corrected chi connectivity index (χ3v) is 3.57. The Labute approximate surface area is 111 Å². The van der Waals surface area contributed by atoms with Crippen LogP contribution in [0.1, 0.15) is 37.5 Å². The van der Waals surface area contributed by atoms with Gasteiger partial charge >= 0.3 is 0 Å². The Hall–Kier alpha value is -1.43. The van der Waals surface area contributed by atoms with Gasteiger partial charge < -0.3 is 5.32 Å². The third-order valence-electron chi connectivity index (χ3n) is 2.69. The molecule has 0 aromatic carbocycles. The van der Waals surface area contributed by atoms with Crippen LogP contribution >= 0.6 is 11.3 Å². The maximum absolute atomic E-state index is 4.20. The lowest BCUT2D eigenvalue weighted by Crippen LogP contribution is -2.11. The molecule has 0 aliphatic carbocycles. The Balaban J connectivity index is 2.01. The molecule has 2 rings (SSSR count). The number of rotatable bonds is 5. The van der Waals surface area contributed by atoms with Crippen molar-refractivity contribution in [3.05, 3.63) is 23.0 Å². The molecule has 0 spiro atoms. The quantitative estimate of drug-likeness (QED) is 0.903. The Morgan fingerprint density at radius 2 is 2.11 bits per heavy atom. The highest BCUT2D eigenvalue weighted by Gasteiger charge is 2.12. The van der Waals surface area contributed by atoms with Crippen LogP contribution in [-0.2, 0) is 13.5 Å². The molecular weight excluding hydrogens is 246 g/mol. The van der Waals surface area contributed by atoms with E-state index in [-0.39, 0.29) is 6.04 Å². The van der Waals surface area contributed by atoms with E-state index in [1.54, 1.807) is 17.5 Å². The number of hydrogen-bond donors (Lipinski definition) is 1. The SMILES string of the molecule is CC(C)Cc1nnc(NC(C)c2ccnn2C)s1. The van der Waals surface area contributed by atoms with Crippen molar-refractivity contribution in [2.45, 2.75) is 33.2 Å². The van der Waals surface area contributed by atoms with Crippen molar-refractivity contribution in [2.24, 2.45) is 13.0 Å². The highest BCUT2D eigenvalue weighted by molar-refractivity contribution is 7.15. The molecule has 0 radical (unpaired) electrons. The Kier molecular flexibility index (Phi) is 3.96. The molecule has 1 unspecified atom stereocenters. The molecule has 1 N–H and O–H groups in total. The van der Waals surface area contributed by atoms with Crippen LogP contribution in [0, 0.1) is 5.92 Å². The fourth-order valence-electron chi connectivity index (χ4n) is 1.81. The van der Waals surface area contributed by atoms with Gasteiger partial charge in [0.05, 0.1) is 11.7 Å². The first kappa shape index (κ1) is 13.0. The second-order valence-corrected chi connectivity index (χ2v) is 5.91. The molecule has 0 saturated heterocycles. The van der Waals surface area contributed by atoms with Gasteiger partial charge in [0.2, 0.25) is 5.13 Å². The van der Waals surface area contributed by atoms with Crippen molar-refractivity contribution in [1.82, 2.24) is 20.0 Å². The minimum atomic E-state index is 0.178.